The van der Waals surface area contributed by atoms with Crippen LogP contribution < -0.4 is 0 Å². The summed E-state index contributed by atoms with van der Waals surface area (Å²) in [5.74, 6) is 0. The lowest BCUT2D eigenvalue weighted by Gasteiger charge is -2.44. The van der Waals surface area contributed by atoms with E-state index in [1.807, 2.05) is 0 Å². The van der Waals surface area contributed by atoms with Gasteiger partial charge in [-0.05, 0) is 0 Å². The largest absolute Gasteiger partial charge is 0.394 e. The van der Waals surface area contributed by atoms with E-state index in [9.17, 15) is 30.6 Å². The smallest absolute Gasteiger partial charge is 0.111 e. The zero-order valence-corrected chi connectivity index (χ0v) is 12.3. The van der Waals surface area contributed by atoms with Crippen LogP contribution in [0.25, 0.3) is 0 Å². The van der Waals surface area contributed by atoms with Crippen molar-refractivity contribution in [3.8, 4) is 0 Å². The third kappa shape index (κ3) is 3.66. The van der Waals surface area contributed by atoms with Crippen molar-refractivity contribution in [3.63, 3.8) is 0 Å². The molecule has 0 unspecified atom stereocenters. The molecule has 0 saturated carbocycles. The molecule has 0 aromatic rings. The van der Waals surface area contributed by atoms with Crippen LogP contribution in [-0.4, -0.2) is 115 Å². The Morgan fingerprint density at radius 2 is 0.783 bits per heavy atom. The van der Waals surface area contributed by atoms with Gasteiger partial charge in [0, 0.05) is 6.42 Å². The highest BCUT2D eigenvalue weighted by Crippen LogP contribution is 2.29. The molecule has 10 atom stereocenters. The molecule has 23 heavy (non-hydrogen) atoms. The molecule has 10 nitrogen and oxygen atoms in total. The number of hydrogen-bond acceptors (Lipinski definition) is 10. The number of aliphatic hydroxyl groups excluding tert-OH is 8. The summed E-state index contributed by atoms with van der Waals surface area (Å²) in [6, 6.07) is 0. The Bertz CT molecular complexity index is 344. The predicted molar refractivity (Wildman–Crippen MR) is 72.2 cm³/mol. The van der Waals surface area contributed by atoms with Crippen LogP contribution in [0.1, 0.15) is 6.42 Å². The maximum atomic E-state index is 9.96. The van der Waals surface area contributed by atoms with E-state index in [1.54, 1.807) is 0 Å². The van der Waals surface area contributed by atoms with Crippen molar-refractivity contribution in [1.29, 1.82) is 0 Å². The predicted octanol–water partition coefficient (Wildman–Crippen LogP) is -4.94. The van der Waals surface area contributed by atoms with Gasteiger partial charge in [-0.25, -0.2) is 0 Å². The molecule has 10 heteroatoms. The zero-order valence-electron chi connectivity index (χ0n) is 12.3. The molecule has 0 aliphatic carbocycles. The summed E-state index contributed by atoms with van der Waals surface area (Å²) in [6.07, 6.45) is -13.7. The summed E-state index contributed by atoms with van der Waals surface area (Å²) in [5, 5.41) is 77.1. The second-order valence-electron chi connectivity index (χ2n) is 5.97. The van der Waals surface area contributed by atoms with E-state index in [-0.39, 0.29) is 6.42 Å². The SMILES string of the molecule is OC[C@H]1O[C@H](C[C@H]2O[C@H](CO)[C@@H](O)[C@H](O)[C@H]2O)[C@H](O)[C@@H](O)[C@@H]1O. The standard InChI is InChI=1S/C13H24O10/c14-2-6-10(18)12(20)8(16)4(22-6)1-5-9(17)13(21)11(19)7(3-15)23-5/h4-21H,1-3H2/t4-,5-,6-,7-,8+,9+,10-,11-,12-,13-/m1/s1. The summed E-state index contributed by atoms with van der Waals surface area (Å²) in [4.78, 5) is 0. The Morgan fingerprint density at radius 1 is 0.478 bits per heavy atom. The number of hydrogen-bond donors (Lipinski definition) is 8. The zero-order chi connectivity index (χ0) is 17.3. The molecule has 2 heterocycles. The number of aliphatic hydroxyl groups is 8. The maximum Gasteiger partial charge on any atom is 0.111 e. The normalized spacial score (nSPS) is 51.7. The fraction of sp³-hybridized carbons (Fsp3) is 1.00. The molecule has 0 spiro atoms. The lowest BCUT2D eigenvalue weighted by atomic mass is 9.87. The third-order valence-electron chi connectivity index (χ3n) is 4.45. The molecule has 0 aromatic heterocycles. The van der Waals surface area contributed by atoms with Crippen molar-refractivity contribution in [2.75, 3.05) is 13.2 Å². The summed E-state index contributed by atoms with van der Waals surface area (Å²) in [7, 11) is 0. The van der Waals surface area contributed by atoms with Crippen LogP contribution in [0.15, 0.2) is 0 Å². The molecule has 2 rings (SSSR count). The van der Waals surface area contributed by atoms with E-state index in [0.717, 1.165) is 0 Å². The van der Waals surface area contributed by atoms with Crippen LogP contribution >= 0.6 is 0 Å². The van der Waals surface area contributed by atoms with Crippen LogP contribution in [0.5, 0.6) is 0 Å². The molecule has 2 aliphatic rings. The van der Waals surface area contributed by atoms with Gasteiger partial charge in [0.15, 0.2) is 0 Å². The van der Waals surface area contributed by atoms with E-state index in [2.05, 4.69) is 0 Å². The Hall–Kier alpha value is -0.400. The number of rotatable bonds is 4. The molecule has 2 fully saturated rings. The highest BCUT2D eigenvalue weighted by atomic mass is 16.6. The van der Waals surface area contributed by atoms with Crippen molar-refractivity contribution in [3.05, 3.63) is 0 Å². The monoisotopic (exact) mass is 340 g/mol. The molecule has 0 radical (unpaired) electrons. The topological polar surface area (TPSA) is 180 Å². The molecule has 0 amide bonds. The lowest BCUT2D eigenvalue weighted by Crippen LogP contribution is -2.62. The molecule has 0 bridgehead atoms. The van der Waals surface area contributed by atoms with Gasteiger partial charge in [0.05, 0.1) is 25.4 Å². The number of ether oxygens (including phenoxy) is 2. The summed E-state index contributed by atoms with van der Waals surface area (Å²) in [6.45, 7) is -1.17. The quantitative estimate of drug-likeness (QED) is 0.247. The molecule has 2 saturated heterocycles. The van der Waals surface area contributed by atoms with Crippen molar-refractivity contribution in [2.24, 2.45) is 0 Å². The average Bonchev–Trinajstić information content (AvgIpc) is 2.55. The van der Waals surface area contributed by atoms with E-state index in [1.165, 1.54) is 0 Å². The Kier molecular flexibility index (Phi) is 6.30. The molecule has 2 aliphatic heterocycles. The fourth-order valence-electron chi connectivity index (χ4n) is 2.98. The highest BCUT2D eigenvalue weighted by molar-refractivity contribution is 4.97. The minimum Gasteiger partial charge on any atom is -0.394 e. The first-order valence-electron chi connectivity index (χ1n) is 7.42. The van der Waals surface area contributed by atoms with Crippen LogP contribution in [0, 0.1) is 0 Å². The minimum absolute atomic E-state index is 0.192. The first-order chi connectivity index (χ1) is 10.8. The van der Waals surface area contributed by atoms with Crippen molar-refractivity contribution >= 4 is 0 Å². The molecular formula is C13H24O10. The first-order valence-corrected chi connectivity index (χ1v) is 7.42. The van der Waals surface area contributed by atoms with Gasteiger partial charge >= 0.3 is 0 Å². The second-order valence-corrected chi connectivity index (χ2v) is 5.97. The summed E-state index contributed by atoms with van der Waals surface area (Å²) < 4.78 is 10.6. The van der Waals surface area contributed by atoms with Crippen molar-refractivity contribution < 1.29 is 50.3 Å². The van der Waals surface area contributed by atoms with Crippen LogP contribution in [0.4, 0.5) is 0 Å². The highest BCUT2D eigenvalue weighted by Gasteiger charge is 2.48. The van der Waals surface area contributed by atoms with Crippen molar-refractivity contribution in [1.82, 2.24) is 0 Å². The molecule has 0 aromatic carbocycles. The third-order valence-corrected chi connectivity index (χ3v) is 4.45. The minimum atomic E-state index is -1.56. The second kappa shape index (κ2) is 7.66. The molecule has 136 valence electrons. The van der Waals surface area contributed by atoms with Crippen LogP contribution in [0.2, 0.25) is 0 Å². The van der Waals surface area contributed by atoms with Crippen LogP contribution in [0.3, 0.4) is 0 Å². The molecular weight excluding hydrogens is 316 g/mol. The van der Waals surface area contributed by atoms with Gasteiger partial charge in [-0.1, -0.05) is 0 Å². The maximum absolute atomic E-state index is 9.96. The van der Waals surface area contributed by atoms with Crippen molar-refractivity contribution in [2.45, 2.75) is 67.5 Å². The van der Waals surface area contributed by atoms with E-state index in [4.69, 9.17) is 19.7 Å². The summed E-state index contributed by atoms with van der Waals surface area (Å²) in [5.41, 5.74) is 0. The van der Waals surface area contributed by atoms with E-state index < -0.39 is 74.3 Å². The lowest BCUT2D eigenvalue weighted by molar-refractivity contribution is -0.262. The Balaban J connectivity index is 2.07. The fourth-order valence-corrected chi connectivity index (χ4v) is 2.98. The van der Waals surface area contributed by atoms with E-state index >= 15 is 0 Å². The van der Waals surface area contributed by atoms with Gasteiger partial charge < -0.3 is 50.3 Å². The van der Waals surface area contributed by atoms with Gasteiger partial charge in [0.25, 0.3) is 0 Å². The summed E-state index contributed by atoms with van der Waals surface area (Å²) >= 11 is 0. The van der Waals surface area contributed by atoms with Gasteiger partial charge in [0.1, 0.15) is 48.8 Å². The Morgan fingerprint density at radius 3 is 1.09 bits per heavy atom. The van der Waals surface area contributed by atoms with Gasteiger partial charge in [0.2, 0.25) is 0 Å². The van der Waals surface area contributed by atoms with E-state index in [0.29, 0.717) is 0 Å². The first kappa shape index (κ1) is 18.9. The molecule has 8 N–H and O–H groups in total. The van der Waals surface area contributed by atoms with Crippen LogP contribution in [-0.2, 0) is 9.47 Å². The Labute approximate surface area is 132 Å². The average molecular weight is 340 g/mol. The van der Waals surface area contributed by atoms with Gasteiger partial charge in [-0.2, -0.15) is 0 Å². The van der Waals surface area contributed by atoms with Gasteiger partial charge in [-0.3, -0.25) is 0 Å². The van der Waals surface area contributed by atoms with Gasteiger partial charge in [-0.15, -0.1) is 0 Å².